The van der Waals surface area contributed by atoms with Gasteiger partial charge in [-0.3, -0.25) is 0 Å². The molecule has 2 heteroatoms. The van der Waals surface area contributed by atoms with Crippen LogP contribution in [0.2, 0.25) is 0 Å². The molecule has 106 valence electrons. The van der Waals surface area contributed by atoms with Crippen molar-refractivity contribution in [2.75, 3.05) is 6.54 Å². The molecule has 20 heavy (non-hydrogen) atoms. The summed E-state index contributed by atoms with van der Waals surface area (Å²) in [6, 6.07) is 12.7. The highest BCUT2D eigenvalue weighted by molar-refractivity contribution is 5.41. The van der Waals surface area contributed by atoms with Crippen LogP contribution in [0.25, 0.3) is 0 Å². The maximum Gasteiger partial charge on any atom is 0.125 e. The topological polar surface area (TPSA) is 35.2 Å². The molecule has 0 heterocycles. The third-order valence-corrected chi connectivity index (χ3v) is 3.66. The van der Waals surface area contributed by atoms with Crippen molar-refractivity contribution in [1.29, 1.82) is 0 Å². The quantitative estimate of drug-likeness (QED) is 0.898. The van der Waals surface area contributed by atoms with E-state index in [1.54, 1.807) is 0 Å². The molecule has 0 spiro atoms. The normalized spacial score (nSPS) is 10.6. The van der Waals surface area contributed by atoms with Gasteiger partial charge in [0.2, 0.25) is 0 Å². The van der Waals surface area contributed by atoms with Crippen molar-refractivity contribution < 1.29 is 4.74 Å². The molecule has 0 fully saturated rings. The summed E-state index contributed by atoms with van der Waals surface area (Å²) in [5.74, 6) is 0.983. The molecule has 2 aromatic rings. The Morgan fingerprint density at radius 2 is 1.75 bits per heavy atom. The van der Waals surface area contributed by atoms with E-state index in [0.29, 0.717) is 13.2 Å². The van der Waals surface area contributed by atoms with E-state index in [-0.39, 0.29) is 0 Å². The van der Waals surface area contributed by atoms with Gasteiger partial charge >= 0.3 is 0 Å². The van der Waals surface area contributed by atoms with Crippen LogP contribution < -0.4 is 10.5 Å². The number of rotatable bonds is 5. The van der Waals surface area contributed by atoms with E-state index in [0.717, 1.165) is 12.2 Å². The molecule has 0 aliphatic heterocycles. The van der Waals surface area contributed by atoms with Crippen LogP contribution in [0.15, 0.2) is 36.4 Å². The maximum absolute atomic E-state index is 6.05. The second-order valence-corrected chi connectivity index (χ2v) is 5.31. The summed E-state index contributed by atoms with van der Waals surface area (Å²) in [6.45, 7) is 7.58. The van der Waals surface area contributed by atoms with Gasteiger partial charge in [-0.25, -0.2) is 0 Å². The first-order chi connectivity index (χ1) is 9.61. The Labute approximate surface area is 121 Å². The minimum atomic E-state index is 0.601. The summed E-state index contributed by atoms with van der Waals surface area (Å²) < 4.78 is 6.05. The van der Waals surface area contributed by atoms with Gasteiger partial charge in [0, 0.05) is 0 Å². The van der Waals surface area contributed by atoms with Gasteiger partial charge in [0.25, 0.3) is 0 Å². The van der Waals surface area contributed by atoms with Crippen LogP contribution in [0.3, 0.4) is 0 Å². The van der Waals surface area contributed by atoms with Crippen molar-refractivity contribution in [2.45, 2.75) is 33.8 Å². The van der Waals surface area contributed by atoms with Gasteiger partial charge in [0.05, 0.1) is 0 Å². The molecule has 2 aromatic carbocycles. The van der Waals surface area contributed by atoms with Crippen molar-refractivity contribution in [3.8, 4) is 5.75 Å². The zero-order valence-electron chi connectivity index (χ0n) is 12.6. The summed E-state index contributed by atoms with van der Waals surface area (Å²) >= 11 is 0. The largest absolute Gasteiger partial charge is 0.488 e. The van der Waals surface area contributed by atoms with Crippen LogP contribution in [0.1, 0.15) is 27.8 Å². The van der Waals surface area contributed by atoms with Crippen LogP contribution >= 0.6 is 0 Å². The van der Waals surface area contributed by atoms with Crippen LogP contribution in [-0.4, -0.2) is 6.54 Å². The standard InChI is InChI=1S/C18H23NO/c1-13-7-8-16(11-15(13)3)12-20-18-14(2)5-4-6-17(18)9-10-19/h4-8,11H,9-10,12,19H2,1-3H3. The van der Waals surface area contributed by atoms with Gasteiger partial charge in [0.15, 0.2) is 0 Å². The zero-order chi connectivity index (χ0) is 14.5. The lowest BCUT2D eigenvalue weighted by Crippen LogP contribution is -2.06. The van der Waals surface area contributed by atoms with E-state index < -0.39 is 0 Å². The smallest absolute Gasteiger partial charge is 0.125 e. The molecule has 0 bridgehead atoms. The number of ether oxygens (including phenoxy) is 1. The maximum atomic E-state index is 6.05. The van der Waals surface area contributed by atoms with E-state index in [4.69, 9.17) is 10.5 Å². The highest BCUT2D eigenvalue weighted by atomic mass is 16.5. The summed E-state index contributed by atoms with van der Waals surface area (Å²) in [4.78, 5) is 0. The van der Waals surface area contributed by atoms with Crippen LogP contribution in [0, 0.1) is 20.8 Å². The van der Waals surface area contributed by atoms with Gasteiger partial charge in [0.1, 0.15) is 12.4 Å². The molecule has 0 saturated heterocycles. The molecule has 2 nitrogen and oxygen atoms in total. The highest BCUT2D eigenvalue weighted by Crippen LogP contribution is 2.25. The summed E-state index contributed by atoms with van der Waals surface area (Å²) in [5.41, 5.74) is 11.8. The fourth-order valence-corrected chi connectivity index (χ4v) is 2.32. The molecule has 0 atom stereocenters. The Morgan fingerprint density at radius 3 is 2.45 bits per heavy atom. The van der Waals surface area contributed by atoms with E-state index in [1.807, 2.05) is 0 Å². The second-order valence-electron chi connectivity index (χ2n) is 5.31. The molecule has 0 unspecified atom stereocenters. The average Bonchev–Trinajstić information content (AvgIpc) is 2.42. The first-order valence-corrected chi connectivity index (χ1v) is 7.09. The number of hydrogen-bond donors (Lipinski definition) is 1. The third-order valence-electron chi connectivity index (χ3n) is 3.66. The lowest BCUT2D eigenvalue weighted by Gasteiger charge is -2.14. The third kappa shape index (κ3) is 3.40. The monoisotopic (exact) mass is 269 g/mol. The van der Waals surface area contributed by atoms with E-state index in [9.17, 15) is 0 Å². The Balaban J connectivity index is 2.15. The van der Waals surface area contributed by atoms with Crippen molar-refractivity contribution in [3.63, 3.8) is 0 Å². The Bertz CT molecular complexity index is 590. The SMILES string of the molecule is Cc1ccc(COc2c(C)cccc2CCN)cc1C. The predicted molar refractivity (Wildman–Crippen MR) is 84.2 cm³/mol. The highest BCUT2D eigenvalue weighted by Gasteiger charge is 2.07. The van der Waals surface area contributed by atoms with Crippen LogP contribution in [-0.2, 0) is 13.0 Å². The number of aryl methyl sites for hydroxylation is 3. The number of hydrogen-bond acceptors (Lipinski definition) is 2. The average molecular weight is 269 g/mol. The van der Waals surface area contributed by atoms with E-state index in [2.05, 4.69) is 57.2 Å². The first-order valence-electron chi connectivity index (χ1n) is 7.09. The zero-order valence-corrected chi connectivity index (χ0v) is 12.6. The Hall–Kier alpha value is -1.80. The van der Waals surface area contributed by atoms with Crippen molar-refractivity contribution >= 4 is 0 Å². The molecule has 0 aliphatic rings. The lowest BCUT2D eigenvalue weighted by atomic mass is 10.1. The summed E-state index contributed by atoms with van der Waals surface area (Å²) in [7, 11) is 0. The van der Waals surface area contributed by atoms with Crippen molar-refractivity contribution in [1.82, 2.24) is 0 Å². The van der Waals surface area contributed by atoms with Gasteiger partial charge in [-0.15, -0.1) is 0 Å². The summed E-state index contributed by atoms with van der Waals surface area (Å²) in [5, 5.41) is 0. The molecule has 2 N–H and O–H groups in total. The predicted octanol–water partition coefficient (Wildman–Crippen LogP) is 3.69. The molecule has 0 amide bonds. The number of para-hydroxylation sites is 1. The molecule has 0 aliphatic carbocycles. The number of benzene rings is 2. The summed E-state index contributed by atoms with van der Waals surface area (Å²) in [6.07, 6.45) is 0.851. The molecule has 2 rings (SSSR count). The minimum absolute atomic E-state index is 0.601. The molecule has 0 saturated carbocycles. The van der Waals surface area contributed by atoms with Crippen molar-refractivity contribution in [3.05, 3.63) is 64.2 Å². The van der Waals surface area contributed by atoms with Gasteiger partial charge < -0.3 is 10.5 Å². The van der Waals surface area contributed by atoms with Crippen LogP contribution in [0.4, 0.5) is 0 Å². The van der Waals surface area contributed by atoms with Gasteiger partial charge in [-0.05, 0) is 61.6 Å². The molecule has 0 radical (unpaired) electrons. The van der Waals surface area contributed by atoms with E-state index >= 15 is 0 Å². The molecular weight excluding hydrogens is 246 g/mol. The number of nitrogens with two attached hydrogens (primary N) is 1. The Kier molecular flexibility index (Phi) is 4.80. The fraction of sp³-hybridized carbons (Fsp3) is 0.333. The Morgan fingerprint density at radius 1 is 0.950 bits per heavy atom. The van der Waals surface area contributed by atoms with E-state index in [1.165, 1.54) is 27.8 Å². The van der Waals surface area contributed by atoms with Gasteiger partial charge in [-0.2, -0.15) is 0 Å². The molecule has 0 aromatic heterocycles. The van der Waals surface area contributed by atoms with Gasteiger partial charge in [-0.1, -0.05) is 36.4 Å². The minimum Gasteiger partial charge on any atom is -0.488 e. The van der Waals surface area contributed by atoms with Crippen molar-refractivity contribution in [2.24, 2.45) is 5.73 Å². The molecular formula is C18H23NO. The lowest BCUT2D eigenvalue weighted by molar-refractivity contribution is 0.301. The first kappa shape index (κ1) is 14.6. The second kappa shape index (κ2) is 6.58. The fourth-order valence-electron chi connectivity index (χ4n) is 2.32. The van der Waals surface area contributed by atoms with Crippen LogP contribution in [0.5, 0.6) is 5.75 Å².